The van der Waals surface area contributed by atoms with E-state index in [9.17, 15) is 4.79 Å². The highest BCUT2D eigenvalue weighted by molar-refractivity contribution is 6.10. The maximum Gasteiger partial charge on any atom is 0.190 e. The first-order valence-electron chi connectivity index (χ1n) is 6.07. The molecule has 0 amide bonds. The van der Waals surface area contributed by atoms with Crippen molar-refractivity contribution in [3.05, 3.63) is 81.5 Å². The highest BCUT2D eigenvalue weighted by Gasteiger charge is 2.12. The highest BCUT2D eigenvalue weighted by atomic mass is 16.1. The van der Waals surface area contributed by atoms with E-state index in [1.807, 2.05) is 13.8 Å². The number of ketones is 1. The number of carbonyl (C=O) groups is 1. The Morgan fingerprint density at radius 2 is 1.25 bits per heavy atom. The zero-order valence-electron chi connectivity index (χ0n) is 11.3. The van der Waals surface area contributed by atoms with Crippen molar-refractivity contribution >= 4 is 17.2 Å². The number of aryl methyl sites for hydroxylation is 2. The van der Waals surface area contributed by atoms with Crippen LogP contribution in [0.5, 0.6) is 0 Å². The fourth-order valence-electron chi connectivity index (χ4n) is 1.91. The summed E-state index contributed by atoms with van der Waals surface area (Å²) in [4.78, 5) is 19.2. The van der Waals surface area contributed by atoms with Gasteiger partial charge in [-0.3, -0.25) is 4.79 Å². The van der Waals surface area contributed by atoms with Crippen LogP contribution in [-0.4, -0.2) is 5.78 Å². The van der Waals surface area contributed by atoms with Crippen LogP contribution in [0.15, 0.2) is 36.4 Å². The van der Waals surface area contributed by atoms with Gasteiger partial charge in [0.1, 0.15) is 0 Å². The average molecular weight is 260 g/mol. The lowest BCUT2D eigenvalue weighted by atomic mass is 9.99. The van der Waals surface area contributed by atoms with Crippen molar-refractivity contribution in [1.82, 2.24) is 0 Å². The monoisotopic (exact) mass is 260 g/mol. The second-order valence-corrected chi connectivity index (χ2v) is 4.56. The van der Waals surface area contributed by atoms with Crippen molar-refractivity contribution in [2.75, 3.05) is 0 Å². The molecule has 0 bridgehead atoms. The predicted molar refractivity (Wildman–Crippen MR) is 78.3 cm³/mol. The Hall–Kier alpha value is -2.91. The van der Waals surface area contributed by atoms with E-state index in [2.05, 4.69) is 9.69 Å². The summed E-state index contributed by atoms with van der Waals surface area (Å²) in [6, 6.07) is 10.2. The van der Waals surface area contributed by atoms with Gasteiger partial charge >= 0.3 is 0 Å². The molecule has 0 N–H and O–H groups in total. The Balaban J connectivity index is 2.47. The van der Waals surface area contributed by atoms with E-state index in [0.29, 0.717) is 22.5 Å². The van der Waals surface area contributed by atoms with Crippen molar-refractivity contribution in [1.29, 1.82) is 0 Å². The zero-order chi connectivity index (χ0) is 14.7. The highest BCUT2D eigenvalue weighted by Crippen LogP contribution is 2.25. The summed E-state index contributed by atoms with van der Waals surface area (Å²) in [7, 11) is 0. The Kier molecular flexibility index (Phi) is 3.64. The van der Waals surface area contributed by atoms with E-state index < -0.39 is 0 Å². The lowest BCUT2D eigenvalue weighted by molar-refractivity contribution is 0.103. The van der Waals surface area contributed by atoms with Crippen molar-refractivity contribution in [2.45, 2.75) is 13.8 Å². The molecule has 2 rings (SSSR count). The molecule has 2 aromatic carbocycles. The number of nitrogens with zero attached hydrogens (tertiary/aromatic N) is 2. The molecule has 0 saturated heterocycles. The standard InChI is InChI=1S/C17H12N2O/c1-11-5-7-13(9-15(11)18-3)17(20)14-8-6-12(2)16(10-14)19-4/h5-10H,1-2H3. The van der Waals surface area contributed by atoms with E-state index in [-0.39, 0.29) is 5.78 Å². The fraction of sp³-hybridized carbons (Fsp3) is 0.118. The van der Waals surface area contributed by atoms with Gasteiger partial charge in [-0.2, -0.15) is 0 Å². The van der Waals surface area contributed by atoms with Gasteiger partial charge in [-0.15, -0.1) is 0 Å². The van der Waals surface area contributed by atoms with Gasteiger partial charge in [-0.25, -0.2) is 9.69 Å². The fourth-order valence-corrected chi connectivity index (χ4v) is 1.91. The van der Waals surface area contributed by atoms with Gasteiger partial charge in [0.15, 0.2) is 17.2 Å². The van der Waals surface area contributed by atoms with E-state index in [0.717, 1.165) is 11.1 Å². The molecule has 3 heteroatoms. The van der Waals surface area contributed by atoms with Gasteiger partial charge in [0.2, 0.25) is 0 Å². The molecule has 96 valence electrons. The van der Waals surface area contributed by atoms with E-state index >= 15 is 0 Å². The van der Waals surface area contributed by atoms with Gasteiger partial charge in [-0.05, 0) is 37.1 Å². The molecule has 0 aliphatic rings. The minimum atomic E-state index is -0.167. The minimum absolute atomic E-state index is 0.167. The molecular weight excluding hydrogens is 248 g/mol. The molecule has 0 aliphatic heterocycles. The second-order valence-electron chi connectivity index (χ2n) is 4.56. The molecule has 0 unspecified atom stereocenters. The normalized spacial score (nSPS) is 9.60. The molecule has 0 spiro atoms. The van der Waals surface area contributed by atoms with Crippen LogP contribution in [0.4, 0.5) is 11.4 Å². The van der Waals surface area contributed by atoms with E-state index in [4.69, 9.17) is 13.1 Å². The first-order valence-corrected chi connectivity index (χ1v) is 6.07. The van der Waals surface area contributed by atoms with Crippen LogP contribution in [0.3, 0.4) is 0 Å². The lowest BCUT2D eigenvalue weighted by Gasteiger charge is -2.05. The molecule has 0 aromatic heterocycles. The Labute approximate surface area is 118 Å². The third-order valence-corrected chi connectivity index (χ3v) is 3.18. The van der Waals surface area contributed by atoms with Crippen molar-refractivity contribution in [3.63, 3.8) is 0 Å². The predicted octanol–water partition coefficient (Wildman–Crippen LogP) is 4.64. The van der Waals surface area contributed by atoms with Crippen LogP contribution in [0.25, 0.3) is 9.69 Å². The maximum absolute atomic E-state index is 12.4. The SMILES string of the molecule is [C-]#[N+]c1cc(C(=O)c2ccc(C)c([N+]#[C-])c2)ccc1C. The average Bonchev–Trinajstić information content (AvgIpc) is 2.47. The van der Waals surface area contributed by atoms with Crippen LogP contribution < -0.4 is 0 Å². The largest absolute Gasteiger partial charge is 0.289 e. The van der Waals surface area contributed by atoms with Crippen LogP contribution in [0, 0.1) is 27.0 Å². The Morgan fingerprint density at radius 1 is 0.850 bits per heavy atom. The summed E-state index contributed by atoms with van der Waals surface area (Å²) in [5.41, 5.74) is 3.61. The van der Waals surface area contributed by atoms with Crippen molar-refractivity contribution in [3.8, 4) is 0 Å². The lowest BCUT2D eigenvalue weighted by Crippen LogP contribution is -2.01. The quantitative estimate of drug-likeness (QED) is 0.570. The van der Waals surface area contributed by atoms with Crippen molar-refractivity contribution in [2.24, 2.45) is 0 Å². The van der Waals surface area contributed by atoms with Crippen LogP contribution >= 0.6 is 0 Å². The summed E-state index contributed by atoms with van der Waals surface area (Å²) >= 11 is 0. The summed E-state index contributed by atoms with van der Waals surface area (Å²) in [5.74, 6) is -0.167. The van der Waals surface area contributed by atoms with Crippen molar-refractivity contribution < 1.29 is 4.79 Å². The summed E-state index contributed by atoms with van der Waals surface area (Å²) in [6.07, 6.45) is 0. The first-order chi connectivity index (χ1) is 9.56. The van der Waals surface area contributed by atoms with Gasteiger partial charge < -0.3 is 0 Å². The first kappa shape index (κ1) is 13.5. The van der Waals surface area contributed by atoms with Gasteiger partial charge in [-0.1, -0.05) is 24.3 Å². The minimum Gasteiger partial charge on any atom is -0.289 e. The molecule has 0 fully saturated rings. The molecule has 0 aliphatic carbocycles. The number of benzene rings is 2. The molecule has 3 nitrogen and oxygen atoms in total. The molecule has 20 heavy (non-hydrogen) atoms. The molecule has 0 radical (unpaired) electrons. The topological polar surface area (TPSA) is 25.8 Å². The van der Waals surface area contributed by atoms with Gasteiger partial charge in [0.25, 0.3) is 0 Å². The van der Waals surface area contributed by atoms with Crippen LogP contribution in [0.2, 0.25) is 0 Å². The summed E-state index contributed by atoms with van der Waals surface area (Å²) in [6.45, 7) is 17.9. The number of carbonyl (C=O) groups excluding carboxylic acids is 1. The van der Waals surface area contributed by atoms with Gasteiger partial charge in [0, 0.05) is 11.1 Å². The smallest absolute Gasteiger partial charge is 0.190 e. The molecular formula is C17H12N2O. The Morgan fingerprint density at radius 3 is 1.60 bits per heavy atom. The third kappa shape index (κ3) is 2.43. The maximum atomic E-state index is 12.4. The summed E-state index contributed by atoms with van der Waals surface area (Å²) < 4.78 is 0. The number of hydrogen-bond donors (Lipinski definition) is 0. The Bertz CT molecular complexity index is 711. The molecule has 0 heterocycles. The number of hydrogen-bond acceptors (Lipinski definition) is 1. The summed E-state index contributed by atoms with van der Waals surface area (Å²) in [5, 5.41) is 0. The molecule has 0 atom stereocenters. The van der Waals surface area contributed by atoms with Gasteiger partial charge in [0.05, 0.1) is 13.1 Å². The number of rotatable bonds is 2. The zero-order valence-corrected chi connectivity index (χ0v) is 11.3. The molecule has 0 saturated carbocycles. The third-order valence-electron chi connectivity index (χ3n) is 3.18. The molecule has 2 aromatic rings. The second kappa shape index (κ2) is 5.38. The van der Waals surface area contributed by atoms with Crippen LogP contribution in [0.1, 0.15) is 27.0 Å². The van der Waals surface area contributed by atoms with Crippen LogP contribution in [-0.2, 0) is 0 Å². The van der Waals surface area contributed by atoms with E-state index in [1.54, 1.807) is 36.4 Å². The van der Waals surface area contributed by atoms with E-state index in [1.165, 1.54) is 0 Å².